The Morgan fingerprint density at radius 3 is 2.37 bits per heavy atom. The largest absolute Gasteiger partial charge is 0.403 e. The zero-order valence-electron chi connectivity index (χ0n) is 17.1. The van der Waals surface area contributed by atoms with Crippen molar-refractivity contribution in [1.82, 2.24) is 10.2 Å². The Bertz CT molecular complexity index is 1140. The molecule has 0 atom stereocenters. The molecule has 0 bridgehead atoms. The topological polar surface area (TPSA) is 102 Å². The molecule has 2 aromatic carbocycles. The molecule has 0 aliphatic heterocycles. The van der Waals surface area contributed by atoms with Crippen LogP contribution in [0.4, 0.5) is 6.01 Å². The van der Waals surface area contributed by atoms with Crippen molar-refractivity contribution in [3.8, 4) is 11.5 Å². The average molecular weight is 446 g/mol. The number of aromatic nitrogens is 2. The minimum Gasteiger partial charge on any atom is -0.403 e. The molecule has 0 saturated heterocycles. The number of rotatable bonds is 7. The highest BCUT2D eigenvalue weighted by atomic mass is 32.2. The molecule has 7 nitrogen and oxygen atoms in total. The fourth-order valence-corrected chi connectivity index (χ4v) is 4.56. The number of amides is 1. The van der Waals surface area contributed by atoms with Gasteiger partial charge >= 0.3 is 6.01 Å². The predicted molar refractivity (Wildman–Crippen MR) is 117 cm³/mol. The van der Waals surface area contributed by atoms with Crippen molar-refractivity contribution in [2.24, 2.45) is 0 Å². The summed E-state index contributed by atoms with van der Waals surface area (Å²) in [6.07, 6.45) is 0. The number of nitrogens with one attached hydrogen (secondary N) is 1. The van der Waals surface area contributed by atoms with E-state index in [0.29, 0.717) is 11.1 Å². The maximum Gasteiger partial charge on any atom is 0.322 e. The molecule has 0 aliphatic rings. The van der Waals surface area contributed by atoms with Gasteiger partial charge < -0.3 is 4.42 Å². The Balaban J connectivity index is 1.72. The predicted octanol–water partition coefficient (Wildman–Crippen LogP) is 4.67. The lowest BCUT2D eigenvalue weighted by atomic mass is 10.2. The first kappa shape index (κ1) is 22.0. The molecule has 1 heterocycles. The summed E-state index contributed by atoms with van der Waals surface area (Å²) in [6, 6.07) is 13.4. The van der Waals surface area contributed by atoms with E-state index in [9.17, 15) is 13.2 Å². The molecule has 0 radical (unpaired) electrons. The number of hydrogen-bond donors (Lipinski definition) is 1. The van der Waals surface area contributed by atoms with Crippen LogP contribution in [0.2, 0.25) is 0 Å². The molecule has 1 amide bonds. The van der Waals surface area contributed by atoms with Crippen LogP contribution in [0.15, 0.2) is 62.7 Å². The minimum atomic E-state index is -3.39. The van der Waals surface area contributed by atoms with Gasteiger partial charge in [-0.25, -0.2) is 8.42 Å². The second kappa shape index (κ2) is 9.01. The smallest absolute Gasteiger partial charge is 0.322 e. The monoisotopic (exact) mass is 445 g/mol. The molecule has 30 heavy (non-hydrogen) atoms. The van der Waals surface area contributed by atoms with Gasteiger partial charge in [0.15, 0.2) is 9.84 Å². The van der Waals surface area contributed by atoms with Gasteiger partial charge in [0, 0.05) is 21.3 Å². The van der Waals surface area contributed by atoms with Gasteiger partial charge in [-0.15, -0.1) is 16.9 Å². The maximum atomic E-state index is 12.4. The molecule has 0 spiro atoms. The summed E-state index contributed by atoms with van der Waals surface area (Å²) in [5.41, 5.74) is 1.05. The van der Waals surface area contributed by atoms with Crippen LogP contribution >= 0.6 is 11.8 Å². The first-order valence-corrected chi connectivity index (χ1v) is 11.9. The third kappa shape index (κ3) is 5.09. The number of hydrogen-bond acceptors (Lipinski definition) is 7. The Morgan fingerprint density at radius 2 is 1.73 bits per heavy atom. The number of carbonyl (C=O) groups excluding carboxylic acids is 1. The first-order chi connectivity index (χ1) is 14.2. The molecule has 158 valence electrons. The summed E-state index contributed by atoms with van der Waals surface area (Å²) in [4.78, 5) is 13.7. The van der Waals surface area contributed by atoms with Crippen molar-refractivity contribution in [1.29, 1.82) is 0 Å². The van der Waals surface area contributed by atoms with E-state index < -0.39 is 21.0 Å². The lowest BCUT2D eigenvalue weighted by Crippen LogP contribution is -2.15. The van der Waals surface area contributed by atoms with E-state index in [4.69, 9.17) is 4.42 Å². The molecule has 0 saturated carbocycles. The molecule has 0 unspecified atom stereocenters. The molecule has 9 heteroatoms. The van der Waals surface area contributed by atoms with Crippen LogP contribution in [-0.2, 0) is 9.84 Å². The zero-order chi connectivity index (χ0) is 21.9. The van der Waals surface area contributed by atoms with Gasteiger partial charge in [0.2, 0.25) is 5.89 Å². The van der Waals surface area contributed by atoms with Crippen molar-refractivity contribution < 1.29 is 17.6 Å². The van der Waals surface area contributed by atoms with Crippen molar-refractivity contribution in [3.63, 3.8) is 0 Å². The molecule has 0 fully saturated rings. The molecule has 3 rings (SSSR count). The van der Waals surface area contributed by atoms with E-state index in [0.717, 1.165) is 10.5 Å². The standard InChI is InChI=1S/C21H23N3O4S2/c1-13(2)29-17-7-5-6-16(12-17)20-23-24-21(28-20)22-19(25)15-8-10-18(11-9-15)30(26,27)14(3)4/h5-14H,1-4H3,(H,22,24,25). The Kier molecular flexibility index (Phi) is 6.62. The lowest BCUT2D eigenvalue weighted by molar-refractivity contribution is 0.102. The maximum absolute atomic E-state index is 12.4. The van der Waals surface area contributed by atoms with Gasteiger partial charge in [-0.3, -0.25) is 10.1 Å². The summed E-state index contributed by atoms with van der Waals surface area (Å²) in [6.45, 7) is 7.45. The fourth-order valence-electron chi connectivity index (χ4n) is 2.60. The second-order valence-corrected chi connectivity index (χ2v) is 11.3. The number of benzene rings is 2. The number of thioether (sulfide) groups is 1. The van der Waals surface area contributed by atoms with Crippen molar-refractivity contribution in [2.45, 2.75) is 48.0 Å². The van der Waals surface area contributed by atoms with Crippen LogP contribution in [-0.4, -0.2) is 35.0 Å². The van der Waals surface area contributed by atoms with Crippen LogP contribution in [0, 0.1) is 0 Å². The van der Waals surface area contributed by atoms with Crippen molar-refractivity contribution in [2.75, 3.05) is 5.32 Å². The zero-order valence-corrected chi connectivity index (χ0v) is 18.8. The van der Waals surface area contributed by atoms with E-state index in [1.807, 2.05) is 24.3 Å². The third-order valence-electron chi connectivity index (χ3n) is 4.16. The summed E-state index contributed by atoms with van der Waals surface area (Å²) < 4.78 is 30.0. The van der Waals surface area contributed by atoms with Crippen molar-refractivity contribution >= 4 is 33.5 Å². The quantitative estimate of drug-likeness (QED) is 0.527. The lowest BCUT2D eigenvalue weighted by Gasteiger charge is -2.08. The molecular weight excluding hydrogens is 422 g/mol. The average Bonchev–Trinajstić information content (AvgIpc) is 3.16. The summed E-state index contributed by atoms with van der Waals surface area (Å²) in [5.74, 6) is -0.169. The highest BCUT2D eigenvalue weighted by Gasteiger charge is 2.20. The number of carbonyl (C=O) groups is 1. The summed E-state index contributed by atoms with van der Waals surface area (Å²) >= 11 is 1.72. The molecule has 3 aromatic rings. The highest BCUT2D eigenvalue weighted by Crippen LogP contribution is 2.28. The Morgan fingerprint density at radius 1 is 1.03 bits per heavy atom. The molecule has 1 N–H and O–H groups in total. The second-order valence-electron chi connectivity index (χ2n) is 7.18. The Labute approximate surface area is 180 Å². The molecular formula is C21H23N3O4S2. The summed E-state index contributed by atoms with van der Waals surface area (Å²) in [7, 11) is -3.39. The number of anilines is 1. The Hall–Kier alpha value is -2.65. The van der Waals surface area contributed by atoms with Crippen LogP contribution in [0.5, 0.6) is 0 Å². The van der Waals surface area contributed by atoms with Crippen molar-refractivity contribution in [3.05, 3.63) is 54.1 Å². The third-order valence-corrected chi connectivity index (χ3v) is 7.33. The fraction of sp³-hybridized carbons (Fsp3) is 0.286. The first-order valence-electron chi connectivity index (χ1n) is 9.42. The van der Waals surface area contributed by atoms with E-state index >= 15 is 0 Å². The molecule has 0 aliphatic carbocycles. The van der Waals surface area contributed by atoms with Gasteiger partial charge in [0.1, 0.15) is 0 Å². The van der Waals surface area contributed by atoms with Crippen LogP contribution in [0.1, 0.15) is 38.1 Å². The molecule has 1 aromatic heterocycles. The van der Waals surface area contributed by atoms with E-state index in [-0.39, 0.29) is 16.5 Å². The van der Waals surface area contributed by atoms with E-state index in [1.54, 1.807) is 25.6 Å². The number of sulfone groups is 1. The summed E-state index contributed by atoms with van der Waals surface area (Å²) in [5, 5.41) is 10.3. The minimum absolute atomic E-state index is 0.0317. The van der Waals surface area contributed by atoms with Gasteiger partial charge in [-0.2, -0.15) is 0 Å². The SMILES string of the molecule is CC(C)Sc1cccc(-c2nnc(NC(=O)c3ccc(S(=O)(=O)C(C)C)cc3)o2)c1. The van der Waals surface area contributed by atoms with E-state index in [2.05, 4.69) is 29.4 Å². The highest BCUT2D eigenvalue weighted by molar-refractivity contribution is 7.99. The van der Waals surface area contributed by atoms with Gasteiger partial charge in [-0.05, 0) is 56.3 Å². The van der Waals surface area contributed by atoms with Gasteiger partial charge in [-0.1, -0.05) is 25.0 Å². The number of nitrogens with zero attached hydrogens (tertiary/aromatic N) is 2. The van der Waals surface area contributed by atoms with Gasteiger partial charge in [0.25, 0.3) is 5.91 Å². The van der Waals surface area contributed by atoms with E-state index in [1.165, 1.54) is 24.3 Å². The van der Waals surface area contributed by atoms with Crippen LogP contribution in [0.3, 0.4) is 0 Å². The van der Waals surface area contributed by atoms with Crippen LogP contribution in [0.25, 0.3) is 11.5 Å². The normalized spacial score (nSPS) is 11.8. The van der Waals surface area contributed by atoms with Gasteiger partial charge in [0.05, 0.1) is 10.1 Å². The van der Waals surface area contributed by atoms with Crippen LogP contribution < -0.4 is 5.32 Å².